The van der Waals surface area contributed by atoms with Crippen molar-refractivity contribution < 1.29 is 4.79 Å². The molecule has 0 bridgehead atoms. The van der Waals surface area contributed by atoms with E-state index in [9.17, 15) is 4.79 Å². The minimum absolute atomic E-state index is 0.146. The highest BCUT2D eigenvalue weighted by Crippen LogP contribution is 2.29. The van der Waals surface area contributed by atoms with Crippen LogP contribution in [-0.4, -0.2) is 15.9 Å². The molecule has 0 saturated heterocycles. The van der Waals surface area contributed by atoms with Crippen molar-refractivity contribution in [2.75, 3.05) is 10.6 Å². The van der Waals surface area contributed by atoms with Gasteiger partial charge in [0.1, 0.15) is 11.5 Å². The van der Waals surface area contributed by atoms with Gasteiger partial charge in [0.25, 0.3) is 5.91 Å². The lowest BCUT2D eigenvalue weighted by Gasteiger charge is -2.08. The summed E-state index contributed by atoms with van der Waals surface area (Å²) in [4.78, 5) is 20.5. The second-order valence-corrected chi connectivity index (χ2v) is 6.20. The third-order valence-electron chi connectivity index (χ3n) is 3.18. The quantitative estimate of drug-likeness (QED) is 0.620. The zero-order valence-corrected chi connectivity index (χ0v) is 14.9. The van der Waals surface area contributed by atoms with Crippen molar-refractivity contribution in [3.63, 3.8) is 0 Å². The van der Waals surface area contributed by atoms with Crippen LogP contribution in [0, 0.1) is 0 Å². The summed E-state index contributed by atoms with van der Waals surface area (Å²) in [5.74, 6) is 0.0468. The fourth-order valence-corrected chi connectivity index (χ4v) is 2.55. The normalized spacial score (nSPS) is 10.4. The second kappa shape index (κ2) is 7.70. The van der Waals surface area contributed by atoms with Crippen LogP contribution in [-0.2, 0) is 0 Å². The van der Waals surface area contributed by atoms with Crippen LogP contribution >= 0.6 is 34.8 Å². The highest BCUT2D eigenvalue weighted by atomic mass is 35.5. The molecule has 0 unspecified atom stereocenters. The van der Waals surface area contributed by atoms with E-state index in [-0.39, 0.29) is 10.7 Å². The standard InChI is InChI=1S/C17H11Cl3N4O/c18-10-3-1-4-11(7-10)23-15-9-21-14(8-22-15)17(25)24-13-6-2-5-12(19)16(13)20/h1-9H,(H,22,23)(H,24,25). The van der Waals surface area contributed by atoms with E-state index in [0.717, 1.165) is 5.69 Å². The first-order valence-electron chi connectivity index (χ1n) is 7.13. The van der Waals surface area contributed by atoms with E-state index < -0.39 is 5.91 Å². The van der Waals surface area contributed by atoms with Crippen molar-refractivity contribution in [2.24, 2.45) is 0 Å². The van der Waals surface area contributed by atoms with Crippen molar-refractivity contribution in [1.29, 1.82) is 0 Å². The number of hydrogen-bond acceptors (Lipinski definition) is 4. The maximum Gasteiger partial charge on any atom is 0.275 e. The number of halogens is 3. The van der Waals surface area contributed by atoms with Gasteiger partial charge in [0, 0.05) is 10.7 Å². The number of nitrogens with one attached hydrogen (secondary N) is 2. The highest BCUT2D eigenvalue weighted by molar-refractivity contribution is 6.44. The third kappa shape index (κ3) is 4.39. The van der Waals surface area contributed by atoms with E-state index in [0.29, 0.717) is 21.6 Å². The van der Waals surface area contributed by atoms with Crippen LogP contribution in [0.4, 0.5) is 17.2 Å². The number of amides is 1. The van der Waals surface area contributed by atoms with Crippen LogP contribution in [0.3, 0.4) is 0 Å². The van der Waals surface area contributed by atoms with Gasteiger partial charge in [0.15, 0.2) is 0 Å². The number of benzene rings is 2. The van der Waals surface area contributed by atoms with E-state index in [1.54, 1.807) is 30.3 Å². The van der Waals surface area contributed by atoms with Crippen molar-refractivity contribution in [3.8, 4) is 0 Å². The van der Waals surface area contributed by atoms with E-state index in [2.05, 4.69) is 20.6 Å². The first-order valence-corrected chi connectivity index (χ1v) is 8.26. The SMILES string of the molecule is O=C(Nc1cccc(Cl)c1Cl)c1cnc(Nc2cccc(Cl)c2)cn1. The number of carbonyl (C=O) groups excluding carboxylic acids is 1. The Morgan fingerprint density at radius 3 is 2.48 bits per heavy atom. The van der Waals surface area contributed by atoms with Crippen molar-refractivity contribution in [1.82, 2.24) is 9.97 Å². The minimum atomic E-state index is -0.439. The largest absolute Gasteiger partial charge is 0.339 e. The maximum absolute atomic E-state index is 12.2. The molecule has 25 heavy (non-hydrogen) atoms. The second-order valence-electron chi connectivity index (χ2n) is 4.98. The number of rotatable bonds is 4. The molecule has 1 amide bonds. The molecule has 3 aromatic rings. The van der Waals surface area contributed by atoms with Gasteiger partial charge in [-0.05, 0) is 30.3 Å². The average molecular weight is 394 g/mol. The summed E-state index contributed by atoms with van der Waals surface area (Å²) in [6, 6.07) is 12.2. The number of hydrogen-bond donors (Lipinski definition) is 2. The Morgan fingerprint density at radius 1 is 0.960 bits per heavy atom. The van der Waals surface area contributed by atoms with Gasteiger partial charge in [0.05, 0.1) is 28.1 Å². The lowest BCUT2D eigenvalue weighted by atomic mass is 10.3. The fourth-order valence-electron chi connectivity index (χ4n) is 2.01. The fraction of sp³-hybridized carbons (Fsp3) is 0. The van der Waals surface area contributed by atoms with E-state index in [1.165, 1.54) is 12.4 Å². The topological polar surface area (TPSA) is 66.9 Å². The minimum Gasteiger partial charge on any atom is -0.339 e. The Labute approximate surface area is 159 Å². The lowest BCUT2D eigenvalue weighted by Crippen LogP contribution is -2.14. The predicted octanol–water partition coefficient (Wildman–Crippen LogP) is 5.43. The molecule has 2 aromatic carbocycles. The number of nitrogens with zero attached hydrogens (tertiary/aromatic N) is 2. The van der Waals surface area contributed by atoms with E-state index in [1.807, 2.05) is 12.1 Å². The molecule has 0 fully saturated rings. The first-order chi connectivity index (χ1) is 12.0. The molecule has 0 aliphatic heterocycles. The van der Waals surface area contributed by atoms with Crippen LogP contribution in [0.15, 0.2) is 54.9 Å². The molecule has 8 heteroatoms. The van der Waals surface area contributed by atoms with Gasteiger partial charge in [-0.2, -0.15) is 0 Å². The van der Waals surface area contributed by atoms with E-state index >= 15 is 0 Å². The maximum atomic E-state index is 12.2. The average Bonchev–Trinajstić information content (AvgIpc) is 2.59. The molecular weight excluding hydrogens is 383 g/mol. The summed E-state index contributed by atoms with van der Waals surface area (Å²) in [6.45, 7) is 0. The molecule has 0 aliphatic rings. The molecule has 0 spiro atoms. The van der Waals surface area contributed by atoms with Crippen LogP contribution < -0.4 is 10.6 Å². The van der Waals surface area contributed by atoms with Crippen LogP contribution in [0.25, 0.3) is 0 Å². The van der Waals surface area contributed by atoms with Gasteiger partial charge in [-0.15, -0.1) is 0 Å². The van der Waals surface area contributed by atoms with Crippen molar-refractivity contribution >= 4 is 57.9 Å². The summed E-state index contributed by atoms with van der Waals surface area (Å²) in [5, 5.41) is 6.92. The summed E-state index contributed by atoms with van der Waals surface area (Å²) in [5.41, 5.74) is 1.32. The van der Waals surface area contributed by atoms with Gasteiger partial charge < -0.3 is 10.6 Å². The third-order valence-corrected chi connectivity index (χ3v) is 4.24. The first kappa shape index (κ1) is 17.5. The molecule has 5 nitrogen and oxygen atoms in total. The van der Waals surface area contributed by atoms with Crippen molar-refractivity contribution in [2.45, 2.75) is 0 Å². The molecule has 0 saturated carbocycles. The summed E-state index contributed by atoms with van der Waals surface area (Å²) in [6.07, 6.45) is 2.82. The molecule has 0 radical (unpaired) electrons. The smallest absolute Gasteiger partial charge is 0.275 e. The van der Waals surface area contributed by atoms with Gasteiger partial charge in [-0.3, -0.25) is 4.79 Å². The van der Waals surface area contributed by atoms with Crippen LogP contribution in [0.5, 0.6) is 0 Å². The van der Waals surface area contributed by atoms with Gasteiger partial charge in [-0.25, -0.2) is 9.97 Å². The molecule has 0 aliphatic carbocycles. The summed E-state index contributed by atoms with van der Waals surface area (Å²) < 4.78 is 0. The Hall–Kier alpha value is -2.34. The molecule has 0 atom stereocenters. The zero-order valence-electron chi connectivity index (χ0n) is 12.6. The van der Waals surface area contributed by atoms with Gasteiger partial charge in [0.2, 0.25) is 0 Å². The summed E-state index contributed by atoms with van der Waals surface area (Å²) in [7, 11) is 0. The number of anilines is 3. The number of carbonyl (C=O) groups is 1. The number of aromatic nitrogens is 2. The monoisotopic (exact) mass is 392 g/mol. The Balaban J connectivity index is 1.71. The van der Waals surface area contributed by atoms with E-state index in [4.69, 9.17) is 34.8 Å². The Morgan fingerprint density at radius 2 is 1.76 bits per heavy atom. The molecule has 3 rings (SSSR count). The molecular formula is C17H11Cl3N4O. The van der Waals surface area contributed by atoms with Crippen molar-refractivity contribution in [3.05, 3.63) is 75.6 Å². The summed E-state index contributed by atoms with van der Waals surface area (Å²) >= 11 is 17.9. The molecule has 2 N–H and O–H groups in total. The molecule has 1 aromatic heterocycles. The molecule has 126 valence electrons. The Kier molecular flexibility index (Phi) is 5.38. The van der Waals surface area contributed by atoms with Crippen LogP contribution in [0.2, 0.25) is 15.1 Å². The van der Waals surface area contributed by atoms with Crippen LogP contribution in [0.1, 0.15) is 10.5 Å². The van der Waals surface area contributed by atoms with Gasteiger partial charge >= 0.3 is 0 Å². The predicted molar refractivity (Wildman–Crippen MR) is 101 cm³/mol. The van der Waals surface area contributed by atoms with Gasteiger partial charge in [-0.1, -0.05) is 46.9 Å². The zero-order chi connectivity index (χ0) is 17.8. The highest BCUT2D eigenvalue weighted by Gasteiger charge is 2.12. The molecule has 1 heterocycles. The Bertz CT molecular complexity index is 916. The lowest BCUT2D eigenvalue weighted by molar-refractivity contribution is 0.102.